The van der Waals surface area contributed by atoms with Gasteiger partial charge in [0.25, 0.3) is 0 Å². The number of aliphatic hydroxyl groups is 1. The Labute approximate surface area is 213 Å². The molecule has 2 amide bonds. The lowest BCUT2D eigenvalue weighted by atomic mass is 10.0. The van der Waals surface area contributed by atoms with Crippen LogP contribution in [0.25, 0.3) is 0 Å². The Hall–Kier alpha value is -3.27. The lowest BCUT2D eigenvalue weighted by Crippen LogP contribution is -2.60. The van der Waals surface area contributed by atoms with E-state index < -0.39 is 93.7 Å². The first kappa shape index (κ1) is 31.8. The molecule has 0 aliphatic carbocycles. The van der Waals surface area contributed by atoms with Gasteiger partial charge in [-0.2, -0.15) is 0 Å². The minimum atomic E-state index is -4.44. The molecule has 0 radical (unpaired) electrons. The third kappa shape index (κ3) is 8.38. The van der Waals surface area contributed by atoms with Gasteiger partial charge in [0.1, 0.15) is 18.8 Å². The van der Waals surface area contributed by atoms with Crippen molar-refractivity contribution in [2.24, 2.45) is 0 Å². The lowest BCUT2D eigenvalue weighted by molar-refractivity contribution is -0.200. The Balaban J connectivity index is 3.70. The second-order valence-electron chi connectivity index (χ2n) is 8.48. The summed E-state index contributed by atoms with van der Waals surface area (Å²) >= 11 is 0. The maximum Gasteiger partial charge on any atom is 0.303 e. The largest absolute Gasteiger partial charge is 0.462 e. The first-order valence-corrected chi connectivity index (χ1v) is 12.7. The highest BCUT2D eigenvalue weighted by Gasteiger charge is 2.57. The number of aliphatic hydroxyl groups excluding tert-OH is 1. The van der Waals surface area contributed by atoms with Gasteiger partial charge in [-0.15, -0.1) is 0 Å². The molecule has 1 N–H and O–H groups in total. The number of ether oxygens (including phenoxy) is 4. The first-order chi connectivity index (χ1) is 16.9. The summed E-state index contributed by atoms with van der Waals surface area (Å²) in [5.41, 5.74) is 0. The molecule has 0 aromatic carbocycles. The van der Waals surface area contributed by atoms with Crippen molar-refractivity contribution in [2.45, 2.75) is 70.5 Å². The van der Waals surface area contributed by atoms with Crippen LogP contribution in [0.15, 0.2) is 0 Å². The smallest absolute Gasteiger partial charge is 0.303 e. The molecule has 15 nitrogen and oxygen atoms in total. The highest BCUT2D eigenvalue weighted by Crippen LogP contribution is 2.31. The van der Waals surface area contributed by atoms with Crippen LogP contribution in [0.2, 0.25) is 0 Å². The number of rotatable bonds is 10. The zero-order chi connectivity index (χ0) is 28.8. The minimum absolute atomic E-state index is 0.635. The van der Waals surface area contributed by atoms with Crippen LogP contribution >= 0.6 is 0 Å². The molecule has 1 aliphatic heterocycles. The average Bonchev–Trinajstić information content (AvgIpc) is 3.02. The summed E-state index contributed by atoms with van der Waals surface area (Å²) in [5, 5.41) is 9.16. The van der Waals surface area contributed by atoms with Gasteiger partial charge in [0.2, 0.25) is 11.8 Å². The van der Waals surface area contributed by atoms with Gasteiger partial charge in [0.15, 0.2) is 33.5 Å². The fourth-order valence-electron chi connectivity index (χ4n) is 3.85. The van der Waals surface area contributed by atoms with Crippen molar-refractivity contribution in [1.82, 2.24) is 9.80 Å². The second-order valence-corrected chi connectivity index (χ2v) is 10.6. The summed E-state index contributed by atoms with van der Waals surface area (Å²) in [7, 11) is -1.76. The predicted molar refractivity (Wildman–Crippen MR) is 122 cm³/mol. The maximum atomic E-state index is 13.1. The summed E-state index contributed by atoms with van der Waals surface area (Å²) < 4.78 is 46.4. The summed E-state index contributed by atoms with van der Waals surface area (Å²) in [5.74, 6) is -6.35. The molecule has 0 saturated carbocycles. The van der Waals surface area contributed by atoms with E-state index in [-0.39, 0.29) is 0 Å². The Morgan fingerprint density at radius 1 is 0.865 bits per heavy atom. The molecule has 0 bridgehead atoms. The van der Waals surface area contributed by atoms with Crippen LogP contribution < -0.4 is 0 Å². The summed E-state index contributed by atoms with van der Waals surface area (Å²) in [4.78, 5) is 73.8. The number of nitrogens with zero attached hydrogens (tertiary/aromatic N) is 2. The predicted octanol–water partition coefficient (Wildman–Crippen LogP) is -2.23. The van der Waals surface area contributed by atoms with E-state index in [2.05, 4.69) is 0 Å². The normalized spacial score (nSPS) is 21.6. The number of sulfone groups is 1. The van der Waals surface area contributed by atoms with Crippen molar-refractivity contribution in [3.63, 3.8) is 0 Å². The van der Waals surface area contributed by atoms with E-state index in [1.807, 2.05) is 0 Å². The molecule has 1 fully saturated rings. The van der Waals surface area contributed by atoms with Crippen LogP contribution in [0.1, 0.15) is 34.6 Å². The maximum absolute atomic E-state index is 13.1. The fourth-order valence-corrected chi connectivity index (χ4v) is 6.01. The Morgan fingerprint density at radius 2 is 1.35 bits per heavy atom. The fraction of sp³-hybridized carbons (Fsp3) is 0.714. The Kier molecular flexibility index (Phi) is 11.0. The second kappa shape index (κ2) is 12.8. The molecule has 1 heterocycles. The minimum Gasteiger partial charge on any atom is -0.462 e. The SMILES string of the molecule is CC(=O)OCC(OC(C)=O)C(OC(C)=O)C(OC(C)=O)C(O)[C@@H]1N(C(C)=O)[C@H](C(=O)N(C)C)CS1(=O)=O. The van der Waals surface area contributed by atoms with Crippen molar-refractivity contribution in [3.8, 4) is 0 Å². The van der Waals surface area contributed by atoms with Gasteiger partial charge in [-0.25, -0.2) is 8.42 Å². The highest BCUT2D eigenvalue weighted by molar-refractivity contribution is 7.92. The summed E-state index contributed by atoms with van der Waals surface area (Å²) in [6.45, 7) is 4.08. The van der Waals surface area contributed by atoms with E-state index in [9.17, 15) is 42.3 Å². The zero-order valence-electron chi connectivity index (χ0n) is 21.5. The highest BCUT2D eigenvalue weighted by atomic mass is 32.2. The third-order valence-electron chi connectivity index (χ3n) is 5.15. The van der Waals surface area contributed by atoms with Crippen LogP contribution in [0.5, 0.6) is 0 Å². The van der Waals surface area contributed by atoms with Gasteiger partial charge in [0, 0.05) is 48.7 Å². The molecule has 0 aromatic rings. The number of carbonyl (C=O) groups excluding carboxylic acids is 6. The quantitative estimate of drug-likeness (QED) is 0.226. The summed E-state index contributed by atoms with van der Waals surface area (Å²) in [6.07, 6.45) is -7.93. The molecule has 1 aliphatic rings. The van der Waals surface area contributed by atoms with Crippen LogP contribution in [-0.4, -0.2) is 121 Å². The monoisotopic (exact) mass is 552 g/mol. The number of hydrogen-bond acceptors (Lipinski definition) is 13. The molecular weight excluding hydrogens is 520 g/mol. The van der Waals surface area contributed by atoms with Crippen molar-refractivity contribution in [3.05, 3.63) is 0 Å². The van der Waals surface area contributed by atoms with E-state index in [1.165, 1.54) is 14.1 Å². The standard InChI is InChI=1S/C21H32N2O13S/c1-10(24)23-15(20(30)22(6)7)9-37(31,32)21(23)17(29)19(36-14(5)28)18(35-13(4)27)16(34-12(3)26)8-33-11(2)25/h15-19,21,29H,8-9H2,1-7H3/t15-,16?,17?,18?,19?,21+/m0/s1. The lowest BCUT2D eigenvalue weighted by Gasteiger charge is -2.38. The summed E-state index contributed by atoms with van der Waals surface area (Å²) in [6, 6.07) is -1.51. The van der Waals surface area contributed by atoms with Gasteiger partial charge in [-0.05, 0) is 0 Å². The van der Waals surface area contributed by atoms with Crippen LogP contribution in [0, 0.1) is 0 Å². The zero-order valence-corrected chi connectivity index (χ0v) is 22.3. The molecule has 1 rings (SSSR count). The van der Waals surface area contributed by atoms with Gasteiger partial charge >= 0.3 is 23.9 Å². The van der Waals surface area contributed by atoms with Crippen LogP contribution in [-0.2, 0) is 57.6 Å². The molecular formula is C21H32N2O13S. The van der Waals surface area contributed by atoms with E-state index in [1.54, 1.807) is 0 Å². The van der Waals surface area contributed by atoms with E-state index in [4.69, 9.17) is 18.9 Å². The van der Waals surface area contributed by atoms with Crippen molar-refractivity contribution in [2.75, 3.05) is 26.5 Å². The third-order valence-corrected chi connectivity index (χ3v) is 7.17. The van der Waals surface area contributed by atoms with E-state index in [0.717, 1.165) is 39.5 Å². The molecule has 1 saturated heterocycles. The molecule has 0 spiro atoms. The topological polar surface area (TPSA) is 200 Å². The van der Waals surface area contributed by atoms with Crippen LogP contribution in [0.4, 0.5) is 0 Å². The van der Waals surface area contributed by atoms with Crippen molar-refractivity contribution < 1.29 is 61.2 Å². The number of likely N-dealkylation sites (N-methyl/N-ethyl adjacent to an activating group) is 1. The van der Waals surface area contributed by atoms with Crippen molar-refractivity contribution in [1.29, 1.82) is 0 Å². The number of esters is 4. The average molecular weight is 553 g/mol. The number of hydrogen-bond donors (Lipinski definition) is 1. The molecule has 210 valence electrons. The Morgan fingerprint density at radius 3 is 1.76 bits per heavy atom. The Bertz CT molecular complexity index is 1030. The number of carbonyl (C=O) groups is 6. The van der Waals surface area contributed by atoms with Crippen molar-refractivity contribution >= 4 is 45.5 Å². The number of amides is 2. The van der Waals surface area contributed by atoms with E-state index in [0.29, 0.717) is 4.90 Å². The van der Waals surface area contributed by atoms with Crippen LogP contribution in [0.3, 0.4) is 0 Å². The molecule has 0 aromatic heterocycles. The van der Waals surface area contributed by atoms with E-state index >= 15 is 0 Å². The molecule has 6 atom stereocenters. The van der Waals surface area contributed by atoms with Gasteiger partial charge < -0.3 is 33.9 Å². The van der Waals surface area contributed by atoms with Gasteiger partial charge in [-0.1, -0.05) is 0 Å². The molecule has 16 heteroatoms. The first-order valence-electron chi connectivity index (χ1n) is 10.9. The molecule has 37 heavy (non-hydrogen) atoms. The van der Waals surface area contributed by atoms with Gasteiger partial charge in [0.05, 0.1) is 5.75 Å². The van der Waals surface area contributed by atoms with Gasteiger partial charge in [-0.3, -0.25) is 28.8 Å². The molecule has 4 unspecified atom stereocenters.